The van der Waals surface area contributed by atoms with Crippen molar-refractivity contribution in [3.63, 3.8) is 0 Å². The van der Waals surface area contributed by atoms with E-state index in [1.54, 1.807) is 54.2 Å². The van der Waals surface area contributed by atoms with Gasteiger partial charge in [0.2, 0.25) is 5.78 Å². The van der Waals surface area contributed by atoms with Gasteiger partial charge in [0.25, 0.3) is 11.1 Å². The van der Waals surface area contributed by atoms with Crippen LogP contribution in [0.2, 0.25) is 5.02 Å². The predicted molar refractivity (Wildman–Crippen MR) is 187 cm³/mol. The van der Waals surface area contributed by atoms with Crippen LogP contribution in [-0.4, -0.2) is 31.8 Å². The zero-order valence-electron chi connectivity index (χ0n) is 24.9. The highest BCUT2D eigenvalue weighted by Gasteiger charge is 2.20. The van der Waals surface area contributed by atoms with E-state index in [0.717, 1.165) is 26.7 Å². The molecule has 0 bridgehead atoms. The molecule has 0 fully saturated rings. The van der Waals surface area contributed by atoms with E-state index in [-0.39, 0.29) is 23.7 Å². The number of ketones is 2. The van der Waals surface area contributed by atoms with Crippen LogP contribution >= 0.6 is 23.4 Å². The zero-order valence-corrected chi connectivity index (χ0v) is 27.3. The van der Waals surface area contributed by atoms with Crippen LogP contribution in [0.5, 0.6) is 0 Å². The van der Waals surface area contributed by atoms with Gasteiger partial charge in [-0.2, -0.15) is 0 Å². The quantitative estimate of drug-likeness (QED) is 0.0564. The van der Waals surface area contributed by atoms with Crippen molar-refractivity contribution in [1.82, 2.24) is 4.57 Å². The monoisotopic (exact) mass is 664 g/mol. The molecule has 0 saturated carbocycles. The zero-order chi connectivity index (χ0) is 32.0. The molecule has 46 heavy (non-hydrogen) atoms. The van der Waals surface area contributed by atoms with Crippen LogP contribution in [0.1, 0.15) is 39.6 Å². The van der Waals surface area contributed by atoms with Gasteiger partial charge in [0.05, 0.1) is 4.90 Å². The smallest absolute Gasteiger partial charge is 0.265 e. The highest BCUT2D eigenvalue weighted by molar-refractivity contribution is 7.99. The first-order valence-corrected chi connectivity index (χ1v) is 17.2. The van der Waals surface area contributed by atoms with Crippen LogP contribution in [0, 0.1) is 0 Å². The Morgan fingerprint density at radius 1 is 0.783 bits per heavy atom. The van der Waals surface area contributed by atoms with Crippen LogP contribution in [0.25, 0.3) is 21.8 Å². The first-order valence-electron chi connectivity index (χ1n) is 14.7. The highest BCUT2D eigenvalue weighted by Crippen LogP contribution is 2.32. The highest BCUT2D eigenvalue weighted by atomic mass is 35.5. The van der Waals surface area contributed by atoms with Crippen molar-refractivity contribution in [2.75, 3.05) is 5.75 Å². The maximum atomic E-state index is 14.0. The lowest BCUT2D eigenvalue weighted by Gasteiger charge is -2.08. The van der Waals surface area contributed by atoms with Gasteiger partial charge in [-0.25, -0.2) is 4.21 Å². The molecular weight excluding hydrogens is 636 g/mol. The number of oxime groups is 1. The number of benzene rings is 5. The molecule has 1 atom stereocenters. The van der Waals surface area contributed by atoms with Crippen LogP contribution in [0.4, 0.5) is 0 Å². The summed E-state index contributed by atoms with van der Waals surface area (Å²) in [5.41, 5.74) is 3.69. The fraction of sp³-hybridized carbons (Fsp3) is 0.108. The van der Waals surface area contributed by atoms with E-state index in [4.69, 9.17) is 15.9 Å². The number of aryl methyl sites for hydroxylation is 1. The van der Waals surface area contributed by atoms with Gasteiger partial charge in [0.1, 0.15) is 5.71 Å². The SMILES string of the molecule is CCn1c2ccc(C(=O)/C(CCSc3ccc(Cl)cc3)=N/OS(=O)c3ccccc3)cc2c2cc(C(=O)c3ccccc3)ccc21. The molecule has 5 aromatic carbocycles. The van der Waals surface area contributed by atoms with Gasteiger partial charge in [-0.15, -0.1) is 11.8 Å². The number of fused-ring (bicyclic) bond motifs is 3. The molecule has 0 aliphatic heterocycles. The van der Waals surface area contributed by atoms with Crippen LogP contribution < -0.4 is 0 Å². The first kappa shape index (κ1) is 31.5. The number of rotatable bonds is 12. The second-order valence-corrected chi connectivity index (χ2v) is 13.1. The predicted octanol–water partition coefficient (Wildman–Crippen LogP) is 9.16. The Hall–Kier alpha value is -4.50. The minimum Gasteiger partial charge on any atom is -0.341 e. The van der Waals surface area contributed by atoms with E-state index in [9.17, 15) is 13.8 Å². The molecule has 0 aliphatic rings. The summed E-state index contributed by atoms with van der Waals surface area (Å²) >= 11 is 5.71. The summed E-state index contributed by atoms with van der Waals surface area (Å²) in [5.74, 6) is 0.150. The summed E-state index contributed by atoms with van der Waals surface area (Å²) in [6.45, 7) is 2.78. The lowest BCUT2D eigenvalue weighted by molar-refractivity contribution is 0.103. The fourth-order valence-corrected chi connectivity index (χ4v) is 6.91. The third kappa shape index (κ3) is 6.84. The maximum absolute atomic E-state index is 14.0. The van der Waals surface area contributed by atoms with Gasteiger partial charge >= 0.3 is 0 Å². The van der Waals surface area contributed by atoms with Crippen LogP contribution in [0.15, 0.2) is 136 Å². The second-order valence-electron chi connectivity index (χ2n) is 10.4. The summed E-state index contributed by atoms with van der Waals surface area (Å²) in [4.78, 5) is 28.7. The van der Waals surface area contributed by atoms with Crippen molar-refractivity contribution in [1.29, 1.82) is 0 Å². The van der Waals surface area contributed by atoms with Crippen molar-refractivity contribution < 1.29 is 18.1 Å². The van der Waals surface area contributed by atoms with Gasteiger partial charge < -0.3 is 4.57 Å². The molecule has 0 N–H and O–H groups in total. The first-order chi connectivity index (χ1) is 22.4. The van der Waals surface area contributed by atoms with E-state index in [0.29, 0.717) is 38.9 Å². The molecule has 6 aromatic rings. The molecule has 0 aliphatic carbocycles. The molecule has 6 rings (SSSR count). The largest absolute Gasteiger partial charge is 0.341 e. The van der Waals surface area contributed by atoms with Gasteiger partial charge in [-0.05, 0) is 79.7 Å². The number of carbonyl (C=O) groups is 2. The number of hydrogen-bond acceptors (Lipinski definition) is 6. The van der Waals surface area contributed by atoms with Gasteiger partial charge in [0.15, 0.2) is 5.78 Å². The third-order valence-corrected chi connectivity index (χ3v) is 9.71. The van der Waals surface area contributed by atoms with E-state index < -0.39 is 11.1 Å². The standard InChI is InChI=1S/C37H29ClN2O4S2/c1-2-40-34-19-13-26(36(41)25-9-5-3-6-10-25)23-31(34)32-24-27(14-20-35(32)40)37(42)33(21-22-45-29-17-15-28(38)16-18-29)39-44-46(43)30-11-7-4-8-12-30/h3-20,23-24H,2,21-22H2,1H3/b39-33+. The number of carbonyl (C=O) groups excluding carboxylic acids is 2. The molecule has 0 amide bonds. The summed E-state index contributed by atoms with van der Waals surface area (Å²) in [5, 5.41) is 6.52. The maximum Gasteiger partial charge on any atom is 0.265 e. The van der Waals surface area contributed by atoms with Crippen molar-refractivity contribution in [2.24, 2.45) is 5.16 Å². The number of thioether (sulfide) groups is 1. The molecule has 0 spiro atoms. The van der Waals surface area contributed by atoms with Gasteiger partial charge in [0, 0.05) is 67.1 Å². The van der Waals surface area contributed by atoms with E-state index in [2.05, 4.69) is 16.6 Å². The normalized spacial score (nSPS) is 12.3. The summed E-state index contributed by atoms with van der Waals surface area (Å²) < 4.78 is 20.4. The molecule has 9 heteroatoms. The molecule has 230 valence electrons. The minimum absolute atomic E-state index is 0.0664. The van der Waals surface area contributed by atoms with Crippen molar-refractivity contribution in [3.05, 3.63) is 143 Å². The molecule has 0 radical (unpaired) electrons. The topological polar surface area (TPSA) is 77.7 Å². The van der Waals surface area contributed by atoms with Crippen LogP contribution in [-0.2, 0) is 21.9 Å². The van der Waals surface area contributed by atoms with E-state index in [1.165, 1.54) is 0 Å². The number of hydrogen-bond donors (Lipinski definition) is 0. The Kier molecular flexibility index (Phi) is 9.78. The van der Waals surface area contributed by atoms with Crippen molar-refractivity contribution in [2.45, 2.75) is 29.7 Å². The lowest BCUT2D eigenvalue weighted by Crippen LogP contribution is -2.16. The minimum atomic E-state index is -1.88. The van der Waals surface area contributed by atoms with E-state index in [1.807, 2.05) is 78.9 Å². The summed E-state index contributed by atoms with van der Waals surface area (Å²) in [7, 11) is 0. The van der Waals surface area contributed by atoms with E-state index >= 15 is 0 Å². The Morgan fingerprint density at radius 2 is 1.39 bits per heavy atom. The molecular formula is C37H29ClN2O4S2. The average Bonchev–Trinajstić information content (AvgIpc) is 3.42. The second kappa shape index (κ2) is 14.3. The number of aromatic nitrogens is 1. The third-order valence-electron chi connectivity index (χ3n) is 7.58. The summed E-state index contributed by atoms with van der Waals surface area (Å²) in [6, 6.07) is 36.6. The summed E-state index contributed by atoms with van der Waals surface area (Å²) in [6.07, 6.45) is 0.280. The molecule has 0 saturated heterocycles. The van der Waals surface area contributed by atoms with Gasteiger partial charge in [-0.1, -0.05) is 65.3 Å². The Labute approximate surface area is 278 Å². The molecule has 1 aromatic heterocycles. The van der Waals surface area contributed by atoms with Crippen molar-refractivity contribution >= 4 is 73.5 Å². The number of Topliss-reactive ketones (excluding diaryl/α,β-unsaturated/α-hetero) is 1. The Bertz CT molecular complexity index is 2090. The number of halogens is 1. The molecule has 6 nitrogen and oxygen atoms in total. The van der Waals surface area contributed by atoms with Crippen LogP contribution in [0.3, 0.4) is 0 Å². The Morgan fingerprint density at radius 3 is 2.04 bits per heavy atom. The lowest BCUT2D eigenvalue weighted by atomic mass is 9.99. The number of nitrogens with zero attached hydrogens (tertiary/aromatic N) is 2. The average molecular weight is 665 g/mol. The Balaban J connectivity index is 1.34. The molecule has 1 unspecified atom stereocenters. The fourth-order valence-electron chi connectivity index (χ4n) is 5.30. The van der Waals surface area contributed by atoms with Gasteiger partial charge in [-0.3, -0.25) is 13.9 Å². The van der Waals surface area contributed by atoms with Crippen molar-refractivity contribution in [3.8, 4) is 0 Å². The molecule has 1 heterocycles.